The number of hydrogen-bond donors (Lipinski definition) is 1. The van der Waals surface area contributed by atoms with Crippen molar-refractivity contribution in [3.8, 4) is 28.4 Å². The summed E-state index contributed by atoms with van der Waals surface area (Å²) in [7, 11) is 2.12. The van der Waals surface area contributed by atoms with E-state index in [0.29, 0.717) is 12.4 Å². The Balaban J connectivity index is 0.00000144. The van der Waals surface area contributed by atoms with E-state index in [1.807, 2.05) is 36.8 Å². The molecule has 2 bridgehead atoms. The van der Waals surface area contributed by atoms with Gasteiger partial charge in [-0.15, -0.1) is 10.2 Å². The predicted octanol–water partition coefficient (Wildman–Crippen LogP) is 7.17. The molecule has 2 saturated heterocycles. The van der Waals surface area contributed by atoms with Gasteiger partial charge in [0, 0.05) is 41.8 Å². The number of anilines is 1. The van der Waals surface area contributed by atoms with Gasteiger partial charge in [0.15, 0.2) is 5.82 Å². The van der Waals surface area contributed by atoms with Gasteiger partial charge in [0.25, 0.3) is 6.71 Å². The zero-order chi connectivity index (χ0) is 27.1. The SMILES string of the molecule is CC.CN(c1ccc(-c2ccc(-c3cnn(PI)c3)c3cn[nH]c23)nn1)C1CC2(C)CC[C@](C)(C1)B2C#N. The summed E-state index contributed by atoms with van der Waals surface area (Å²) in [6.45, 7) is 8.74. The predicted molar refractivity (Wildman–Crippen MR) is 166 cm³/mol. The first-order chi connectivity index (χ1) is 18.3. The first kappa shape index (κ1) is 27.1. The van der Waals surface area contributed by atoms with Crippen LogP contribution in [-0.4, -0.2) is 49.7 Å². The average Bonchev–Trinajstić information content (AvgIpc) is 3.65. The van der Waals surface area contributed by atoms with Gasteiger partial charge in [0.05, 0.1) is 30.0 Å². The molecule has 0 radical (unpaired) electrons. The van der Waals surface area contributed by atoms with Crippen molar-refractivity contribution in [2.45, 2.75) is 70.0 Å². The summed E-state index contributed by atoms with van der Waals surface area (Å²) in [5, 5.41) is 32.2. The third-order valence-electron chi connectivity index (χ3n) is 8.63. The van der Waals surface area contributed by atoms with Crippen LogP contribution in [-0.2, 0) is 0 Å². The molecule has 38 heavy (non-hydrogen) atoms. The van der Waals surface area contributed by atoms with Crippen LogP contribution in [0, 0.1) is 11.2 Å². The summed E-state index contributed by atoms with van der Waals surface area (Å²) in [4.78, 5) is 2.27. The molecule has 5 heterocycles. The Hall–Kier alpha value is -2.51. The molecule has 0 aliphatic carbocycles. The number of halogens is 1. The molecule has 0 spiro atoms. The average molecular weight is 638 g/mol. The lowest BCUT2D eigenvalue weighted by Crippen LogP contribution is -2.48. The van der Waals surface area contributed by atoms with E-state index < -0.39 is 0 Å². The number of H-pyrrole nitrogens is 1. The molecule has 4 atom stereocenters. The molecule has 1 aromatic carbocycles. The van der Waals surface area contributed by atoms with Crippen LogP contribution >= 0.6 is 28.4 Å². The molecular weight excluding hydrogens is 605 g/mol. The maximum absolute atomic E-state index is 9.84. The maximum Gasteiger partial charge on any atom is 0.280 e. The molecule has 0 saturated carbocycles. The Labute approximate surface area is 239 Å². The highest BCUT2D eigenvalue weighted by molar-refractivity contribution is 14.2. The number of aromatic amines is 1. The van der Waals surface area contributed by atoms with Crippen molar-refractivity contribution in [2.24, 2.45) is 0 Å². The number of aromatic nitrogens is 6. The summed E-state index contributed by atoms with van der Waals surface area (Å²) < 4.78 is 1.94. The lowest BCUT2D eigenvalue weighted by atomic mass is 9.23. The van der Waals surface area contributed by atoms with E-state index in [-0.39, 0.29) is 17.3 Å². The molecular formula is C27H33BIN8P. The number of fused-ring (bicyclic) bond motifs is 3. The van der Waals surface area contributed by atoms with Gasteiger partial charge in [-0.05, 0) is 69.3 Å². The van der Waals surface area contributed by atoms with Crippen molar-refractivity contribution >= 4 is 51.8 Å². The number of benzene rings is 1. The van der Waals surface area contributed by atoms with Gasteiger partial charge >= 0.3 is 0 Å². The lowest BCUT2D eigenvalue weighted by molar-refractivity contribution is 0.412. The number of nitrogens with zero attached hydrogens (tertiary/aromatic N) is 7. The van der Waals surface area contributed by atoms with Gasteiger partial charge in [-0.2, -0.15) is 10.2 Å². The zero-order valence-electron chi connectivity index (χ0n) is 22.5. The first-order valence-corrected chi connectivity index (χ1v) is 17.3. The second-order valence-corrected chi connectivity index (χ2v) is 13.0. The highest BCUT2D eigenvalue weighted by Gasteiger charge is 2.60. The van der Waals surface area contributed by atoms with Crippen LogP contribution in [0.5, 0.6) is 0 Å². The molecule has 6 rings (SSSR count). The van der Waals surface area contributed by atoms with Crippen molar-refractivity contribution in [1.82, 2.24) is 29.9 Å². The molecule has 3 aromatic heterocycles. The second kappa shape index (κ2) is 10.6. The number of rotatable bonds is 5. The first-order valence-electron chi connectivity index (χ1n) is 13.2. The third kappa shape index (κ3) is 4.52. The Morgan fingerprint density at radius 2 is 1.82 bits per heavy atom. The number of nitrogens with one attached hydrogen (secondary N) is 1. The summed E-state index contributed by atoms with van der Waals surface area (Å²) >= 11 is 2.32. The smallest absolute Gasteiger partial charge is 0.280 e. The zero-order valence-corrected chi connectivity index (χ0v) is 25.7. The van der Waals surface area contributed by atoms with E-state index in [4.69, 9.17) is 0 Å². The minimum absolute atomic E-state index is 0.0790. The fourth-order valence-corrected chi connectivity index (χ4v) is 7.81. The van der Waals surface area contributed by atoms with E-state index >= 15 is 0 Å². The van der Waals surface area contributed by atoms with Crippen LogP contribution < -0.4 is 4.90 Å². The molecule has 2 aliphatic heterocycles. The molecule has 11 heteroatoms. The van der Waals surface area contributed by atoms with Crippen molar-refractivity contribution in [3.63, 3.8) is 0 Å². The summed E-state index contributed by atoms with van der Waals surface area (Å²) in [5.74, 6) is 3.51. The second-order valence-electron chi connectivity index (χ2n) is 10.9. The van der Waals surface area contributed by atoms with Crippen molar-refractivity contribution < 1.29 is 0 Å². The van der Waals surface area contributed by atoms with Gasteiger partial charge in [0.1, 0.15) is 0 Å². The fourth-order valence-electron chi connectivity index (χ4n) is 6.73. The van der Waals surface area contributed by atoms with Crippen LogP contribution in [0.25, 0.3) is 33.3 Å². The molecule has 1 N–H and O–H groups in total. The van der Waals surface area contributed by atoms with E-state index in [1.54, 1.807) is 0 Å². The lowest BCUT2D eigenvalue weighted by Gasteiger charge is -2.45. The number of nitriles is 1. The minimum Gasteiger partial charge on any atom is -0.355 e. The van der Waals surface area contributed by atoms with Crippen molar-refractivity contribution in [2.75, 3.05) is 11.9 Å². The van der Waals surface area contributed by atoms with Crippen molar-refractivity contribution in [3.05, 3.63) is 42.9 Å². The topological polar surface area (TPSA) is 99.3 Å². The fraction of sp³-hybridized carbons (Fsp3) is 0.444. The van der Waals surface area contributed by atoms with Gasteiger partial charge in [-0.25, -0.2) is 9.71 Å². The quantitative estimate of drug-likeness (QED) is 0.141. The maximum atomic E-state index is 9.84. The Bertz CT molecular complexity index is 1460. The van der Waals surface area contributed by atoms with Crippen LogP contribution in [0.3, 0.4) is 0 Å². The van der Waals surface area contributed by atoms with E-state index in [2.05, 4.69) is 104 Å². The summed E-state index contributed by atoms with van der Waals surface area (Å²) in [5.41, 5.74) is 4.90. The van der Waals surface area contributed by atoms with Crippen molar-refractivity contribution in [1.29, 1.82) is 5.26 Å². The molecule has 0 amide bonds. The van der Waals surface area contributed by atoms with Crippen LogP contribution in [0.1, 0.15) is 53.4 Å². The van der Waals surface area contributed by atoms with E-state index in [0.717, 1.165) is 64.8 Å². The normalized spacial score (nSPS) is 24.4. The highest BCUT2D eigenvalue weighted by Crippen LogP contribution is 2.65. The Morgan fingerprint density at radius 3 is 2.42 bits per heavy atom. The van der Waals surface area contributed by atoms with Gasteiger partial charge in [-0.3, -0.25) is 5.10 Å². The molecule has 3 unspecified atom stereocenters. The number of hydrogen-bond acceptors (Lipinski definition) is 6. The molecule has 2 aliphatic rings. The standard InChI is InChI=1S/C25H27BIN8P.C2H6/c1-24-8-9-25(2,26(24)15-28)11-17(10-24)34(3)22-7-6-21(31-32-22)19-5-4-18(20-13-29-33-23(19)20)16-12-30-35(14-16)36-27;1-2/h4-7,12-14,17,36H,8-11H2,1-3H3,(H,29,33);1-2H3/t17?,24-,25?;/m1./s1. The highest BCUT2D eigenvalue weighted by atomic mass is 127. The molecule has 8 nitrogen and oxygen atoms in total. The van der Waals surface area contributed by atoms with Gasteiger partial charge in [0.2, 0.25) is 0 Å². The monoisotopic (exact) mass is 638 g/mol. The van der Waals surface area contributed by atoms with Crippen LogP contribution in [0.4, 0.5) is 5.82 Å². The summed E-state index contributed by atoms with van der Waals surface area (Å²) in [6.07, 6.45) is 10.7. The third-order valence-corrected chi connectivity index (χ3v) is 10.5. The van der Waals surface area contributed by atoms with Gasteiger partial charge in [-0.1, -0.05) is 46.6 Å². The Kier molecular flexibility index (Phi) is 7.54. The molecule has 196 valence electrons. The van der Waals surface area contributed by atoms with Gasteiger partial charge < -0.3 is 4.90 Å². The minimum atomic E-state index is 0.0790. The van der Waals surface area contributed by atoms with Crippen LogP contribution in [0.2, 0.25) is 10.6 Å². The largest absolute Gasteiger partial charge is 0.355 e. The Morgan fingerprint density at radius 1 is 1.11 bits per heavy atom. The summed E-state index contributed by atoms with van der Waals surface area (Å²) in [6, 6.07) is 8.65. The van der Waals surface area contributed by atoms with E-state index in [1.165, 1.54) is 0 Å². The molecule has 4 aromatic rings. The van der Waals surface area contributed by atoms with E-state index in [9.17, 15) is 5.26 Å². The van der Waals surface area contributed by atoms with Crippen LogP contribution in [0.15, 0.2) is 42.9 Å². The molecule has 2 fully saturated rings.